The second-order valence-corrected chi connectivity index (χ2v) is 5.00. The third-order valence-electron chi connectivity index (χ3n) is 2.54. The summed E-state index contributed by atoms with van der Waals surface area (Å²) < 4.78 is 1.79. The van der Waals surface area contributed by atoms with E-state index < -0.39 is 5.60 Å². The molecule has 0 radical (unpaired) electrons. The van der Waals surface area contributed by atoms with Gasteiger partial charge >= 0.3 is 0 Å². The first-order valence-corrected chi connectivity index (χ1v) is 6.22. The van der Waals surface area contributed by atoms with E-state index in [0.29, 0.717) is 5.02 Å². The molecule has 0 amide bonds. The molecule has 1 aliphatic rings. The fraction of sp³-hybridized carbons (Fsp3) is 0.667. The summed E-state index contributed by atoms with van der Waals surface area (Å²) in [7, 11) is 0. The van der Waals surface area contributed by atoms with Gasteiger partial charge in [0.25, 0.3) is 0 Å². The molecule has 1 atom stereocenters. The fourth-order valence-corrected chi connectivity index (χ4v) is 3.37. The molecule has 2 rings (SSSR count). The largest absolute Gasteiger partial charge is 0.383 e. The second kappa shape index (κ2) is 3.76. The quantitative estimate of drug-likeness (QED) is 0.846. The Bertz CT molecular complexity index is 334. The van der Waals surface area contributed by atoms with Gasteiger partial charge in [0.2, 0.25) is 0 Å². The molecule has 0 aromatic carbocycles. The van der Waals surface area contributed by atoms with Crippen LogP contribution in [0.2, 0.25) is 5.02 Å². The molecule has 1 unspecified atom stereocenters. The SMILES string of the molecule is CCn1ncc(Cl)c1C1(O)CCSC1. The van der Waals surface area contributed by atoms with Gasteiger partial charge in [-0.25, -0.2) is 0 Å². The van der Waals surface area contributed by atoms with Crippen molar-refractivity contribution in [1.29, 1.82) is 0 Å². The number of rotatable bonds is 2. The first-order valence-electron chi connectivity index (χ1n) is 4.69. The minimum atomic E-state index is -0.770. The second-order valence-electron chi connectivity index (χ2n) is 3.49. The molecule has 1 aromatic heterocycles. The van der Waals surface area contributed by atoms with Crippen LogP contribution in [-0.2, 0) is 12.1 Å². The van der Waals surface area contributed by atoms with E-state index in [1.54, 1.807) is 22.6 Å². The Balaban J connectivity index is 2.42. The molecule has 3 nitrogen and oxygen atoms in total. The smallest absolute Gasteiger partial charge is 0.117 e. The number of hydrogen-bond donors (Lipinski definition) is 1. The molecular weight excluding hydrogens is 220 g/mol. The lowest BCUT2D eigenvalue weighted by Gasteiger charge is -2.22. The third-order valence-corrected chi connectivity index (χ3v) is 3.99. The van der Waals surface area contributed by atoms with E-state index in [9.17, 15) is 5.11 Å². The Hall–Kier alpha value is -0.190. The zero-order chi connectivity index (χ0) is 10.2. The van der Waals surface area contributed by atoms with Gasteiger partial charge in [-0.05, 0) is 19.1 Å². The number of hydrogen-bond acceptors (Lipinski definition) is 3. The van der Waals surface area contributed by atoms with Gasteiger partial charge in [0.15, 0.2) is 0 Å². The maximum absolute atomic E-state index is 10.4. The first-order chi connectivity index (χ1) is 6.67. The van der Waals surface area contributed by atoms with E-state index >= 15 is 0 Å². The van der Waals surface area contributed by atoms with Crippen molar-refractivity contribution in [2.45, 2.75) is 25.5 Å². The van der Waals surface area contributed by atoms with Crippen LogP contribution in [0.5, 0.6) is 0 Å². The summed E-state index contributed by atoms with van der Waals surface area (Å²) in [5, 5.41) is 15.1. The third kappa shape index (κ3) is 1.55. The highest BCUT2D eigenvalue weighted by Crippen LogP contribution is 2.39. The minimum absolute atomic E-state index is 0.580. The van der Waals surface area contributed by atoms with Gasteiger partial charge in [0.1, 0.15) is 5.60 Å². The Morgan fingerprint density at radius 3 is 3.14 bits per heavy atom. The number of aromatic nitrogens is 2. The van der Waals surface area contributed by atoms with Crippen LogP contribution in [0.25, 0.3) is 0 Å². The summed E-state index contributed by atoms with van der Waals surface area (Å²) in [5.41, 5.74) is 0.0144. The molecule has 1 N–H and O–H groups in total. The average molecular weight is 233 g/mol. The van der Waals surface area contributed by atoms with Gasteiger partial charge in [-0.15, -0.1) is 0 Å². The molecular formula is C9H13ClN2OS. The summed E-state index contributed by atoms with van der Waals surface area (Å²) in [5.74, 6) is 1.71. The Kier molecular flexibility index (Phi) is 2.77. The summed E-state index contributed by atoms with van der Waals surface area (Å²) in [6.45, 7) is 2.74. The normalized spacial score (nSPS) is 27.1. The van der Waals surface area contributed by atoms with Crippen molar-refractivity contribution >= 4 is 23.4 Å². The fourth-order valence-electron chi connectivity index (χ4n) is 1.81. The van der Waals surface area contributed by atoms with Gasteiger partial charge < -0.3 is 5.11 Å². The summed E-state index contributed by atoms with van der Waals surface area (Å²) in [6.07, 6.45) is 2.38. The molecule has 0 aliphatic carbocycles. The highest BCUT2D eigenvalue weighted by Gasteiger charge is 2.38. The number of aryl methyl sites for hydroxylation is 1. The average Bonchev–Trinajstić information content (AvgIpc) is 2.73. The zero-order valence-electron chi connectivity index (χ0n) is 8.03. The van der Waals surface area contributed by atoms with Crippen LogP contribution in [-0.4, -0.2) is 26.4 Å². The van der Waals surface area contributed by atoms with E-state index in [1.165, 1.54) is 0 Å². The standard InChI is InChI=1S/C9H13ClN2OS/c1-2-12-8(7(10)5-11-12)9(13)3-4-14-6-9/h5,13H,2-4,6H2,1H3. The highest BCUT2D eigenvalue weighted by atomic mass is 35.5. The van der Waals surface area contributed by atoms with Gasteiger partial charge in [-0.3, -0.25) is 4.68 Å². The lowest BCUT2D eigenvalue weighted by atomic mass is 9.99. The van der Waals surface area contributed by atoms with Crippen LogP contribution in [0.3, 0.4) is 0 Å². The minimum Gasteiger partial charge on any atom is -0.383 e. The zero-order valence-corrected chi connectivity index (χ0v) is 9.61. The van der Waals surface area contributed by atoms with Crippen molar-refractivity contribution in [2.75, 3.05) is 11.5 Å². The van der Waals surface area contributed by atoms with Crippen molar-refractivity contribution in [3.63, 3.8) is 0 Å². The van der Waals surface area contributed by atoms with E-state index in [0.717, 1.165) is 30.2 Å². The molecule has 14 heavy (non-hydrogen) atoms. The van der Waals surface area contributed by atoms with E-state index in [2.05, 4.69) is 5.10 Å². The molecule has 0 saturated carbocycles. The topological polar surface area (TPSA) is 38.0 Å². The maximum Gasteiger partial charge on any atom is 0.117 e. The molecule has 1 fully saturated rings. The summed E-state index contributed by atoms with van der Waals surface area (Å²) in [6, 6.07) is 0. The summed E-state index contributed by atoms with van der Waals surface area (Å²) in [4.78, 5) is 0. The van der Waals surface area contributed by atoms with Crippen LogP contribution >= 0.6 is 23.4 Å². The van der Waals surface area contributed by atoms with Crippen molar-refractivity contribution in [1.82, 2.24) is 9.78 Å². The number of thioether (sulfide) groups is 1. The number of nitrogens with zero attached hydrogens (tertiary/aromatic N) is 2. The molecule has 1 saturated heterocycles. The Morgan fingerprint density at radius 1 is 1.79 bits per heavy atom. The monoisotopic (exact) mass is 232 g/mol. The first kappa shape index (κ1) is 10.3. The molecule has 2 heterocycles. The van der Waals surface area contributed by atoms with Gasteiger partial charge in [0, 0.05) is 12.3 Å². The van der Waals surface area contributed by atoms with Crippen LogP contribution in [0, 0.1) is 0 Å². The van der Waals surface area contributed by atoms with Gasteiger partial charge in [0.05, 0.1) is 16.9 Å². The van der Waals surface area contributed by atoms with Crippen LogP contribution in [0.1, 0.15) is 19.0 Å². The lowest BCUT2D eigenvalue weighted by molar-refractivity contribution is 0.0561. The molecule has 1 aliphatic heterocycles. The Morgan fingerprint density at radius 2 is 2.57 bits per heavy atom. The molecule has 0 bridgehead atoms. The van der Waals surface area contributed by atoms with Crippen LogP contribution < -0.4 is 0 Å². The van der Waals surface area contributed by atoms with Crippen molar-refractivity contribution in [2.24, 2.45) is 0 Å². The molecule has 1 aromatic rings. The predicted molar refractivity (Wildman–Crippen MR) is 58.7 cm³/mol. The lowest BCUT2D eigenvalue weighted by Crippen LogP contribution is -2.29. The van der Waals surface area contributed by atoms with Crippen molar-refractivity contribution in [3.05, 3.63) is 16.9 Å². The van der Waals surface area contributed by atoms with E-state index in [4.69, 9.17) is 11.6 Å². The van der Waals surface area contributed by atoms with E-state index in [-0.39, 0.29) is 0 Å². The van der Waals surface area contributed by atoms with Crippen molar-refractivity contribution < 1.29 is 5.11 Å². The maximum atomic E-state index is 10.4. The van der Waals surface area contributed by atoms with Crippen molar-refractivity contribution in [3.8, 4) is 0 Å². The van der Waals surface area contributed by atoms with Crippen LogP contribution in [0.4, 0.5) is 0 Å². The summed E-state index contributed by atoms with van der Waals surface area (Å²) >= 11 is 7.80. The molecule has 78 valence electrons. The van der Waals surface area contributed by atoms with Crippen LogP contribution in [0.15, 0.2) is 6.20 Å². The molecule has 5 heteroatoms. The van der Waals surface area contributed by atoms with Gasteiger partial charge in [-0.2, -0.15) is 16.9 Å². The number of aliphatic hydroxyl groups is 1. The number of halogens is 1. The predicted octanol–water partition coefficient (Wildman–Crippen LogP) is 1.88. The Labute approximate surface area is 92.4 Å². The highest BCUT2D eigenvalue weighted by molar-refractivity contribution is 7.99. The molecule has 0 spiro atoms. The van der Waals surface area contributed by atoms with E-state index in [1.807, 2.05) is 6.92 Å². The van der Waals surface area contributed by atoms with Gasteiger partial charge in [-0.1, -0.05) is 11.6 Å².